The quantitative estimate of drug-likeness (QED) is 0.424. The van der Waals surface area contributed by atoms with E-state index in [1.807, 2.05) is 33.3 Å². The van der Waals surface area contributed by atoms with Gasteiger partial charge in [0.25, 0.3) is 11.5 Å². The summed E-state index contributed by atoms with van der Waals surface area (Å²) in [4.78, 5) is 34.2. The predicted octanol–water partition coefficient (Wildman–Crippen LogP) is 3.41. The van der Waals surface area contributed by atoms with Crippen molar-refractivity contribution in [1.82, 2.24) is 34.3 Å². The lowest BCUT2D eigenvalue weighted by Gasteiger charge is -2.40. The lowest BCUT2D eigenvalue weighted by Crippen LogP contribution is -2.53. The van der Waals surface area contributed by atoms with Crippen LogP contribution in [0, 0.1) is 13.8 Å². The van der Waals surface area contributed by atoms with Crippen LogP contribution in [-0.4, -0.2) is 79.1 Å². The van der Waals surface area contributed by atoms with Gasteiger partial charge in [-0.05, 0) is 58.2 Å². The van der Waals surface area contributed by atoms with E-state index in [2.05, 4.69) is 47.0 Å². The van der Waals surface area contributed by atoms with Gasteiger partial charge in [-0.3, -0.25) is 23.9 Å². The number of aromatic amines is 1. The summed E-state index contributed by atoms with van der Waals surface area (Å²) in [5.74, 6) is 0.0346. The van der Waals surface area contributed by atoms with Crippen molar-refractivity contribution in [3.05, 3.63) is 57.3 Å². The van der Waals surface area contributed by atoms with Crippen molar-refractivity contribution < 1.29 is 9.53 Å². The molecule has 2 aliphatic rings. The summed E-state index contributed by atoms with van der Waals surface area (Å²) >= 11 is 0. The number of nitrogens with zero attached hydrogens (tertiary/aromatic N) is 6. The van der Waals surface area contributed by atoms with E-state index in [9.17, 15) is 9.59 Å². The Hall–Kier alpha value is -3.50. The van der Waals surface area contributed by atoms with Crippen molar-refractivity contribution in [2.24, 2.45) is 0 Å². The van der Waals surface area contributed by atoms with Crippen molar-refractivity contribution in [3.63, 3.8) is 0 Å². The Morgan fingerprint density at radius 3 is 2.67 bits per heavy atom. The molecule has 2 aliphatic heterocycles. The molecule has 0 radical (unpaired) electrons. The first-order valence-electron chi connectivity index (χ1n) is 14.0. The van der Waals surface area contributed by atoms with E-state index in [0.29, 0.717) is 37.3 Å². The molecule has 1 aromatic carbocycles. The number of carbonyl (C=O) groups is 1. The van der Waals surface area contributed by atoms with Crippen molar-refractivity contribution in [1.29, 1.82) is 0 Å². The van der Waals surface area contributed by atoms with Gasteiger partial charge in [0.15, 0.2) is 0 Å². The lowest BCUT2D eigenvalue weighted by molar-refractivity contribution is 0.0494. The first kappa shape index (κ1) is 25.8. The van der Waals surface area contributed by atoms with Crippen LogP contribution >= 0.6 is 0 Å². The summed E-state index contributed by atoms with van der Waals surface area (Å²) in [7, 11) is 0. The van der Waals surface area contributed by atoms with Crippen molar-refractivity contribution >= 4 is 27.7 Å². The van der Waals surface area contributed by atoms with Crippen LogP contribution in [0.4, 0.5) is 0 Å². The van der Waals surface area contributed by atoms with Crippen LogP contribution in [0.15, 0.2) is 29.3 Å². The highest BCUT2D eigenvalue weighted by Gasteiger charge is 2.29. The summed E-state index contributed by atoms with van der Waals surface area (Å²) < 4.78 is 9.51. The Kier molecular flexibility index (Phi) is 6.76. The zero-order valence-electron chi connectivity index (χ0n) is 23.2. The van der Waals surface area contributed by atoms with E-state index in [1.165, 1.54) is 5.56 Å². The van der Waals surface area contributed by atoms with Gasteiger partial charge in [-0.15, -0.1) is 0 Å². The van der Waals surface area contributed by atoms with Gasteiger partial charge in [0.1, 0.15) is 0 Å². The highest BCUT2D eigenvalue weighted by molar-refractivity contribution is 6.07. The molecule has 4 aromatic rings. The Balaban J connectivity index is 1.29. The third-order valence-corrected chi connectivity index (χ3v) is 8.47. The molecule has 2 saturated heterocycles. The number of benzene rings is 1. The van der Waals surface area contributed by atoms with Crippen LogP contribution in [0.3, 0.4) is 0 Å². The topological polar surface area (TPSA) is 101 Å². The van der Waals surface area contributed by atoms with Gasteiger partial charge in [-0.1, -0.05) is 0 Å². The lowest BCUT2D eigenvalue weighted by atomic mass is 10.0. The van der Waals surface area contributed by atoms with Crippen LogP contribution in [0.25, 0.3) is 21.8 Å². The number of carbonyl (C=O) groups excluding carboxylic acids is 1. The predicted molar refractivity (Wildman–Crippen MR) is 150 cm³/mol. The molecular weight excluding hydrogens is 494 g/mol. The van der Waals surface area contributed by atoms with Crippen molar-refractivity contribution in [2.45, 2.75) is 65.7 Å². The van der Waals surface area contributed by atoms with Gasteiger partial charge >= 0.3 is 0 Å². The molecule has 0 unspecified atom stereocenters. The average Bonchev–Trinajstić information content (AvgIpc) is 3.54. The first-order valence-corrected chi connectivity index (χ1v) is 14.0. The first-order chi connectivity index (χ1) is 18.8. The number of ether oxygens (including phenoxy) is 1. The second-order valence-electron chi connectivity index (χ2n) is 11.0. The molecular formula is C29H37N7O3. The molecule has 0 saturated carbocycles. The molecule has 10 nitrogen and oxygen atoms in total. The Labute approximate surface area is 227 Å². The number of amides is 1. The SMILES string of the molecule is CCn1cc(CN2CCN(C(=O)c3cc4c(cc3C)[nH]c(=O)c3cnn(C5CCOCC5)c34)C[C@@H]2C)c(C)n1. The normalized spacial score (nSPS) is 19.4. The minimum absolute atomic E-state index is 0.0346. The molecule has 0 aliphatic carbocycles. The van der Waals surface area contributed by atoms with E-state index in [4.69, 9.17) is 4.74 Å². The van der Waals surface area contributed by atoms with Gasteiger partial charge in [-0.2, -0.15) is 10.2 Å². The smallest absolute Gasteiger partial charge is 0.259 e. The van der Waals surface area contributed by atoms with Crippen LogP contribution in [0.1, 0.15) is 59.9 Å². The Morgan fingerprint density at radius 1 is 1.15 bits per heavy atom. The van der Waals surface area contributed by atoms with Gasteiger partial charge in [0, 0.05) is 74.7 Å². The molecule has 0 spiro atoms. The van der Waals surface area contributed by atoms with Crippen LogP contribution in [0.5, 0.6) is 0 Å². The van der Waals surface area contributed by atoms with E-state index in [0.717, 1.165) is 60.2 Å². The van der Waals surface area contributed by atoms with Gasteiger partial charge in [0.05, 0.1) is 34.4 Å². The van der Waals surface area contributed by atoms with Crippen molar-refractivity contribution in [2.75, 3.05) is 32.8 Å². The molecule has 1 N–H and O–H groups in total. The highest BCUT2D eigenvalue weighted by atomic mass is 16.5. The summed E-state index contributed by atoms with van der Waals surface area (Å²) in [6.45, 7) is 13.5. The molecule has 1 amide bonds. The average molecular weight is 532 g/mol. The fourth-order valence-corrected chi connectivity index (χ4v) is 6.11. The molecule has 5 heterocycles. The largest absolute Gasteiger partial charge is 0.381 e. The van der Waals surface area contributed by atoms with Gasteiger partial charge in [0.2, 0.25) is 0 Å². The molecule has 2 fully saturated rings. The molecule has 10 heteroatoms. The maximum absolute atomic E-state index is 13.9. The maximum atomic E-state index is 13.9. The van der Waals surface area contributed by atoms with E-state index < -0.39 is 0 Å². The van der Waals surface area contributed by atoms with E-state index in [1.54, 1.807) is 6.20 Å². The Morgan fingerprint density at radius 2 is 1.95 bits per heavy atom. The molecule has 206 valence electrons. The zero-order valence-corrected chi connectivity index (χ0v) is 23.2. The van der Waals surface area contributed by atoms with E-state index >= 15 is 0 Å². The minimum Gasteiger partial charge on any atom is -0.381 e. The van der Waals surface area contributed by atoms with Crippen molar-refractivity contribution in [3.8, 4) is 0 Å². The van der Waals surface area contributed by atoms with Crippen LogP contribution < -0.4 is 5.56 Å². The van der Waals surface area contributed by atoms with Crippen LogP contribution in [-0.2, 0) is 17.8 Å². The van der Waals surface area contributed by atoms with Crippen LogP contribution in [0.2, 0.25) is 0 Å². The molecule has 6 rings (SSSR count). The second-order valence-corrected chi connectivity index (χ2v) is 11.0. The molecule has 0 bridgehead atoms. The monoisotopic (exact) mass is 531 g/mol. The minimum atomic E-state index is -0.154. The maximum Gasteiger partial charge on any atom is 0.259 e. The number of nitrogens with one attached hydrogen (secondary N) is 1. The van der Waals surface area contributed by atoms with Gasteiger partial charge < -0.3 is 14.6 Å². The number of H-pyrrole nitrogens is 1. The standard InChI is InChI=1S/C29H37N7O3/c1-5-35-17-21(20(4)32-35)16-33-8-9-34(15-19(33)3)29(38)23-13-24-26(12-18(23)2)31-28(37)25-14-30-36(27(24)25)22-6-10-39-11-7-22/h12-14,17,19,22H,5-11,15-16H2,1-4H3,(H,31,37)/t19-/m0/s1. The molecule has 39 heavy (non-hydrogen) atoms. The summed E-state index contributed by atoms with van der Waals surface area (Å²) in [5, 5.41) is 10.6. The Bertz CT molecular complexity index is 1590. The second kappa shape index (κ2) is 10.2. The third-order valence-electron chi connectivity index (χ3n) is 8.47. The fraction of sp³-hybridized carbons (Fsp3) is 0.517. The number of hydrogen-bond donors (Lipinski definition) is 1. The van der Waals surface area contributed by atoms with E-state index in [-0.39, 0.29) is 23.6 Å². The number of hydrogen-bond acceptors (Lipinski definition) is 6. The number of aryl methyl sites for hydroxylation is 3. The number of rotatable bonds is 5. The number of fused-ring (bicyclic) bond motifs is 3. The number of pyridine rings is 1. The summed E-state index contributed by atoms with van der Waals surface area (Å²) in [6, 6.07) is 4.29. The summed E-state index contributed by atoms with van der Waals surface area (Å²) in [6.07, 6.45) is 5.48. The third kappa shape index (κ3) is 4.65. The zero-order chi connectivity index (χ0) is 27.3. The molecule has 3 aromatic heterocycles. The highest BCUT2D eigenvalue weighted by Crippen LogP contribution is 2.30. The number of piperazine rings is 1. The summed E-state index contributed by atoms with van der Waals surface area (Å²) in [5.41, 5.74) is 5.23. The fourth-order valence-electron chi connectivity index (χ4n) is 6.11. The van der Waals surface area contributed by atoms with Gasteiger partial charge in [-0.25, -0.2) is 0 Å². The number of aromatic nitrogens is 5. The molecule has 1 atom stereocenters.